The number of hydrogen-bond donors (Lipinski definition) is 0. The Morgan fingerprint density at radius 3 is 1.44 bits per heavy atom. The summed E-state index contributed by atoms with van der Waals surface area (Å²) in [5.41, 5.74) is 8.32. The monoisotopic (exact) mass is 440 g/mol. The molecule has 2 aliphatic heterocycles. The van der Waals surface area contributed by atoms with Gasteiger partial charge in [-0.1, -0.05) is 60.7 Å². The lowest BCUT2D eigenvalue weighted by Crippen LogP contribution is -2.33. The summed E-state index contributed by atoms with van der Waals surface area (Å²) in [4.78, 5) is 5.04. The van der Waals surface area contributed by atoms with Crippen LogP contribution in [0.1, 0.15) is 22.3 Å². The first kappa shape index (κ1) is 19.9. The minimum absolute atomic E-state index is 0.837. The van der Waals surface area contributed by atoms with Crippen LogP contribution in [0.4, 0.5) is 0 Å². The summed E-state index contributed by atoms with van der Waals surface area (Å²) in [6.45, 7) is 5.79. The van der Waals surface area contributed by atoms with Gasteiger partial charge in [0.25, 0.3) is 0 Å². The van der Waals surface area contributed by atoms with Gasteiger partial charge in [-0.2, -0.15) is 0 Å². The van der Waals surface area contributed by atoms with Gasteiger partial charge in [0.05, 0.1) is 24.4 Å². The van der Waals surface area contributed by atoms with Gasteiger partial charge in [0.2, 0.25) is 0 Å². The molecule has 32 heavy (non-hydrogen) atoms. The molecule has 0 fully saturated rings. The third kappa shape index (κ3) is 3.60. The van der Waals surface area contributed by atoms with E-state index in [1.54, 1.807) is 0 Å². The van der Waals surface area contributed by atoms with Gasteiger partial charge in [0.1, 0.15) is 0 Å². The van der Waals surface area contributed by atoms with E-state index >= 15 is 0 Å². The zero-order chi connectivity index (χ0) is 21.5. The lowest BCUT2D eigenvalue weighted by molar-refractivity contribution is 0.190. The fraction of sp³-hybridized carbons (Fsp3) is 0.296. The maximum absolute atomic E-state index is 6.06. The van der Waals surface area contributed by atoms with Crippen molar-refractivity contribution in [2.24, 2.45) is 0 Å². The molecule has 2 aliphatic rings. The topological polar surface area (TPSA) is 16.3 Å². The number of nitrogens with zero attached hydrogens (tertiary/aromatic N) is 4. The van der Waals surface area contributed by atoms with E-state index in [0.29, 0.717) is 0 Å². The highest BCUT2D eigenvalue weighted by Gasteiger charge is 2.21. The molecule has 3 heterocycles. The first-order chi connectivity index (χ1) is 15.8. The number of imidazole rings is 1. The molecule has 0 atom stereocenters. The van der Waals surface area contributed by atoms with Crippen molar-refractivity contribution in [2.45, 2.75) is 39.3 Å². The van der Waals surface area contributed by atoms with Crippen LogP contribution in [-0.2, 0) is 39.3 Å². The summed E-state index contributed by atoms with van der Waals surface area (Å²) in [6.07, 6.45) is 2.21. The van der Waals surface area contributed by atoms with Crippen LogP contribution in [0.5, 0.6) is 0 Å². The predicted octanol–water partition coefficient (Wildman–Crippen LogP) is 5.20. The number of aromatic nitrogens is 2. The highest BCUT2D eigenvalue weighted by atomic mass is 32.1. The quantitative estimate of drug-likeness (QED) is 0.406. The SMILES string of the molecule is S=c1n(CN2CCc3ccccc3C2)c2ccccc2n1CN1CCc2ccccc2C1. The van der Waals surface area contributed by atoms with E-state index in [-0.39, 0.29) is 0 Å². The molecule has 0 saturated heterocycles. The van der Waals surface area contributed by atoms with Crippen LogP contribution < -0.4 is 0 Å². The molecule has 4 aromatic rings. The van der Waals surface area contributed by atoms with Crippen molar-refractivity contribution in [1.29, 1.82) is 0 Å². The van der Waals surface area contributed by atoms with E-state index in [1.165, 1.54) is 33.3 Å². The Labute approximate surface area is 194 Å². The smallest absolute Gasteiger partial charge is 0.183 e. The maximum Gasteiger partial charge on any atom is 0.183 e. The predicted molar refractivity (Wildman–Crippen MR) is 132 cm³/mol. The van der Waals surface area contributed by atoms with Crippen LogP contribution in [0.2, 0.25) is 0 Å². The lowest BCUT2D eigenvalue weighted by Gasteiger charge is -2.29. The second kappa shape index (κ2) is 8.32. The van der Waals surface area contributed by atoms with Gasteiger partial charge in [-0.25, -0.2) is 0 Å². The molecule has 3 aromatic carbocycles. The van der Waals surface area contributed by atoms with Crippen molar-refractivity contribution >= 4 is 23.3 Å². The van der Waals surface area contributed by atoms with Gasteiger partial charge < -0.3 is 9.13 Å². The van der Waals surface area contributed by atoms with Gasteiger partial charge in [-0.05, 0) is 59.4 Å². The average Bonchev–Trinajstić information content (AvgIpc) is 3.10. The van der Waals surface area contributed by atoms with Gasteiger partial charge in [-0.3, -0.25) is 9.80 Å². The molecular formula is C27H28N4S. The second-order valence-corrected chi connectivity index (χ2v) is 9.42. The fourth-order valence-corrected chi connectivity index (χ4v) is 5.61. The van der Waals surface area contributed by atoms with Crippen molar-refractivity contribution in [1.82, 2.24) is 18.9 Å². The molecule has 0 spiro atoms. The Morgan fingerprint density at radius 2 is 0.969 bits per heavy atom. The molecule has 0 amide bonds. The zero-order valence-corrected chi connectivity index (χ0v) is 19.1. The largest absolute Gasteiger partial charge is 0.303 e. The van der Waals surface area contributed by atoms with E-state index in [9.17, 15) is 0 Å². The molecular weight excluding hydrogens is 412 g/mol. The maximum atomic E-state index is 6.06. The van der Waals surface area contributed by atoms with Crippen molar-refractivity contribution in [3.8, 4) is 0 Å². The number of rotatable bonds is 4. The van der Waals surface area contributed by atoms with Crippen molar-refractivity contribution in [2.75, 3.05) is 13.1 Å². The van der Waals surface area contributed by atoms with Crippen LogP contribution >= 0.6 is 12.2 Å². The highest BCUT2D eigenvalue weighted by Crippen LogP contribution is 2.25. The van der Waals surface area contributed by atoms with E-state index in [0.717, 1.165) is 57.1 Å². The lowest BCUT2D eigenvalue weighted by atomic mass is 10.0. The second-order valence-electron chi connectivity index (χ2n) is 9.05. The fourth-order valence-electron chi connectivity index (χ4n) is 5.30. The van der Waals surface area contributed by atoms with Crippen molar-refractivity contribution in [3.63, 3.8) is 0 Å². The Bertz CT molecular complexity index is 1240. The summed E-state index contributed by atoms with van der Waals surface area (Å²) >= 11 is 6.06. The van der Waals surface area contributed by atoms with Crippen molar-refractivity contribution < 1.29 is 0 Å². The van der Waals surface area contributed by atoms with E-state index < -0.39 is 0 Å². The van der Waals surface area contributed by atoms with E-state index in [1.807, 2.05) is 0 Å². The van der Waals surface area contributed by atoms with Crippen LogP contribution in [0.3, 0.4) is 0 Å². The van der Waals surface area contributed by atoms with Crippen LogP contribution in [0, 0.1) is 4.77 Å². The molecule has 0 N–H and O–H groups in total. The molecule has 0 bridgehead atoms. The number of fused-ring (bicyclic) bond motifs is 3. The number of benzene rings is 3. The first-order valence-electron chi connectivity index (χ1n) is 11.5. The van der Waals surface area contributed by atoms with Gasteiger partial charge >= 0.3 is 0 Å². The molecule has 0 aliphatic carbocycles. The number of hydrogen-bond acceptors (Lipinski definition) is 3. The Balaban J connectivity index is 1.29. The minimum Gasteiger partial charge on any atom is -0.303 e. The van der Waals surface area contributed by atoms with Crippen LogP contribution in [0.25, 0.3) is 11.0 Å². The third-order valence-electron chi connectivity index (χ3n) is 7.03. The summed E-state index contributed by atoms with van der Waals surface area (Å²) in [5, 5.41) is 0. The summed E-state index contributed by atoms with van der Waals surface area (Å²) in [7, 11) is 0. The third-order valence-corrected chi connectivity index (χ3v) is 7.47. The molecule has 0 saturated carbocycles. The van der Waals surface area contributed by atoms with Gasteiger partial charge in [-0.15, -0.1) is 0 Å². The minimum atomic E-state index is 0.837. The summed E-state index contributed by atoms with van der Waals surface area (Å²) in [5.74, 6) is 0. The van der Waals surface area contributed by atoms with Crippen molar-refractivity contribution in [3.05, 3.63) is 99.8 Å². The van der Waals surface area contributed by atoms with Crippen LogP contribution in [0.15, 0.2) is 72.8 Å². The zero-order valence-electron chi connectivity index (χ0n) is 18.3. The molecule has 1 aromatic heterocycles. The van der Waals surface area contributed by atoms with Gasteiger partial charge in [0.15, 0.2) is 4.77 Å². The molecule has 0 radical (unpaired) electrons. The molecule has 0 unspecified atom stereocenters. The highest BCUT2D eigenvalue weighted by molar-refractivity contribution is 7.71. The summed E-state index contributed by atoms with van der Waals surface area (Å²) in [6, 6.07) is 26.3. The molecule has 162 valence electrons. The Hall–Kier alpha value is -2.73. The average molecular weight is 441 g/mol. The molecule has 4 nitrogen and oxygen atoms in total. The van der Waals surface area contributed by atoms with Crippen LogP contribution in [-0.4, -0.2) is 32.0 Å². The number of para-hydroxylation sites is 2. The summed E-state index contributed by atoms with van der Waals surface area (Å²) < 4.78 is 5.58. The normalized spacial score (nSPS) is 16.8. The first-order valence-corrected chi connectivity index (χ1v) is 11.9. The Morgan fingerprint density at radius 1 is 0.562 bits per heavy atom. The standard InChI is InChI=1S/C27H28N4S/c32-27-30(19-28-15-13-21-7-1-3-9-23(21)17-28)25-11-5-6-12-26(25)31(27)20-29-16-14-22-8-2-4-10-24(22)18-29/h1-12H,13-20H2. The molecule has 6 rings (SSSR count). The van der Waals surface area contributed by atoms with E-state index in [4.69, 9.17) is 12.2 Å². The Kier molecular flexibility index (Phi) is 5.18. The molecule has 5 heteroatoms. The van der Waals surface area contributed by atoms with E-state index in [2.05, 4.69) is 91.7 Å². The van der Waals surface area contributed by atoms with Gasteiger partial charge in [0, 0.05) is 26.2 Å².